The second-order valence-electron chi connectivity index (χ2n) is 12.1. The van der Waals surface area contributed by atoms with E-state index in [4.69, 9.17) is 5.73 Å². The average Bonchev–Trinajstić information content (AvgIpc) is 3.49. The van der Waals surface area contributed by atoms with Gasteiger partial charge in [0.05, 0.1) is 24.1 Å². The normalized spacial score (nSPS) is 33.5. The number of nitrogens with one attached hydrogen (secondary N) is 1. The van der Waals surface area contributed by atoms with Crippen LogP contribution in [0.25, 0.3) is 11.1 Å². The molecule has 4 atom stereocenters. The largest absolute Gasteiger partial charge is 0.393 e. The topological polar surface area (TPSA) is 129 Å². The molecular formula is C29H39N5O4S. The molecule has 39 heavy (non-hydrogen) atoms. The first-order valence-corrected chi connectivity index (χ1v) is 16.0. The van der Waals surface area contributed by atoms with E-state index < -0.39 is 16.2 Å². The zero-order chi connectivity index (χ0) is 27.4. The van der Waals surface area contributed by atoms with Crippen molar-refractivity contribution < 1.29 is 18.3 Å². The molecule has 10 heteroatoms. The Morgan fingerprint density at radius 1 is 1.10 bits per heavy atom. The van der Waals surface area contributed by atoms with Crippen molar-refractivity contribution in [3.63, 3.8) is 0 Å². The maximum Gasteiger partial charge on any atom is 0.253 e. The van der Waals surface area contributed by atoms with Gasteiger partial charge in [-0.25, -0.2) is 8.42 Å². The van der Waals surface area contributed by atoms with Crippen LogP contribution in [0.3, 0.4) is 0 Å². The lowest BCUT2D eigenvalue weighted by Gasteiger charge is -2.40. The number of nitrogens with zero attached hydrogens (tertiary/aromatic N) is 3. The minimum Gasteiger partial charge on any atom is -0.393 e. The molecule has 3 heterocycles. The summed E-state index contributed by atoms with van der Waals surface area (Å²) in [5.41, 5.74) is 10.3. The fraction of sp³-hybridized carbons (Fsp3) is 0.586. The summed E-state index contributed by atoms with van der Waals surface area (Å²) in [4.78, 5) is 19.7. The molecule has 0 spiro atoms. The van der Waals surface area contributed by atoms with Gasteiger partial charge in [-0.15, -0.1) is 0 Å². The molecule has 6 rings (SSSR count). The molecule has 9 nitrogen and oxygen atoms in total. The Labute approximate surface area is 230 Å². The van der Waals surface area contributed by atoms with Gasteiger partial charge >= 0.3 is 0 Å². The van der Waals surface area contributed by atoms with Crippen LogP contribution >= 0.6 is 0 Å². The van der Waals surface area contributed by atoms with Gasteiger partial charge < -0.3 is 16.2 Å². The van der Waals surface area contributed by atoms with Crippen molar-refractivity contribution in [2.45, 2.75) is 74.7 Å². The van der Waals surface area contributed by atoms with Crippen molar-refractivity contribution in [3.05, 3.63) is 53.9 Å². The van der Waals surface area contributed by atoms with E-state index in [9.17, 15) is 18.3 Å². The minimum absolute atomic E-state index is 0.100. The number of aliphatic hydroxyl groups excluding tert-OH is 1. The Morgan fingerprint density at radius 3 is 2.54 bits per heavy atom. The third-order valence-corrected chi connectivity index (χ3v) is 10.8. The van der Waals surface area contributed by atoms with Crippen molar-refractivity contribution >= 4 is 15.9 Å². The van der Waals surface area contributed by atoms with Crippen LogP contribution < -0.4 is 11.1 Å². The summed E-state index contributed by atoms with van der Waals surface area (Å²) in [7, 11) is -3.27. The highest BCUT2D eigenvalue weighted by Gasteiger charge is 2.61. The van der Waals surface area contributed by atoms with E-state index in [1.54, 1.807) is 12.4 Å². The van der Waals surface area contributed by atoms with Crippen LogP contribution in [0.2, 0.25) is 0 Å². The lowest BCUT2D eigenvalue weighted by atomic mass is 9.92. The number of aliphatic hydroxyl groups is 1. The Hall–Kier alpha value is -2.37. The monoisotopic (exact) mass is 553 g/mol. The number of hydrogen-bond acceptors (Lipinski definition) is 7. The fourth-order valence-electron chi connectivity index (χ4n) is 7.15. The molecule has 1 aromatic heterocycles. The highest BCUT2D eigenvalue weighted by atomic mass is 32.2. The maximum atomic E-state index is 12.8. The first-order valence-electron chi connectivity index (χ1n) is 14.1. The van der Waals surface area contributed by atoms with Gasteiger partial charge in [0.2, 0.25) is 10.0 Å². The number of amides is 1. The van der Waals surface area contributed by atoms with Gasteiger partial charge in [0, 0.05) is 55.1 Å². The minimum atomic E-state index is -3.27. The highest BCUT2D eigenvalue weighted by molar-refractivity contribution is 7.88. The van der Waals surface area contributed by atoms with Gasteiger partial charge in [-0.1, -0.05) is 24.3 Å². The lowest BCUT2D eigenvalue weighted by Crippen LogP contribution is -2.55. The number of carbonyl (C=O) groups excluding carboxylic acids is 1. The van der Waals surface area contributed by atoms with Crippen molar-refractivity contribution in [2.75, 3.05) is 25.9 Å². The average molecular weight is 554 g/mol. The molecule has 4 aliphatic rings. The molecule has 2 aromatic rings. The predicted molar refractivity (Wildman–Crippen MR) is 149 cm³/mol. The van der Waals surface area contributed by atoms with Gasteiger partial charge in [-0.05, 0) is 68.1 Å². The summed E-state index contributed by atoms with van der Waals surface area (Å²) >= 11 is 0. The quantitative estimate of drug-likeness (QED) is 0.500. The van der Waals surface area contributed by atoms with Crippen LogP contribution in [0.1, 0.15) is 60.9 Å². The van der Waals surface area contributed by atoms with Crippen molar-refractivity contribution in [3.8, 4) is 11.1 Å². The molecule has 4 fully saturated rings. The van der Waals surface area contributed by atoms with Crippen LogP contribution in [0, 0.1) is 5.92 Å². The first kappa shape index (κ1) is 26.8. The van der Waals surface area contributed by atoms with Crippen molar-refractivity contribution in [2.24, 2.45) is 11.7 Å². The summed E-state index contributed by atoms with van der Waals surface area (Å²) in [5.74, 6) is 0.511. The number of pyridine rings is 1. The van der Waals surface area contributed by atoms with E-state index in [2.05, 4.69) is 39.5 Å². The number of likely N-dealkylation sites (tertiary alicyclic amines) is 1. The van der Waals surface area contributed by atoms with E-state index in [-0.39, 0.29) is 23.5 Å². The number of aromatic nitrogens is 1. The Balaban J connectivity index is 1.09. The van der Waals surface area contributed by atoms with Crippen LogP contribution in [0.5, 0.6) is 0 Å². The fourth-order valence-corrected chi connectivity index (χ4v) is 8.17. The van der Waals surface area contributed by atoms with Gasteiger partial charge in [0.1, 0.15) is 0 Å². The third-order valence-electron chi connectivity index (χ3n) is 9.51. The summed E-state index contributed by atoms with van der Waals surface area (Å²) in [5, 5.41) is 12.8. The molecule has 210 valence electrons. The van der Waals surface area contributed by atoms with E-state index in [1.807, 2.05) is 6.07 Å². The molecule has 2 saturated carbocycles. The molecule has 2 aliphatic heterocycles. The molecule has 2 saturated heterocycles. The van der Waals surface area contributed by atoms with Crippen molar-refractivity contribution in [1.29, 1.82) is 0 Å². The number of piperidine rings is 2. The van der Waals surface area contributed by atoms with Gasteiger partial charge in [0.25, 0.3) is 5.91 Å². The molecule has 1 aromatic carbocycles. The van der Waals surface area contributed by atoms with E-state index >= 15 is 0 Å². The molecule has 1 amide bonds. The SMILES string of the molecule is CS(=O)(=O)N1CC[C@@H](N2C[C@H]3C[C@@]3(c3ccc(-c4cncc(C(=O)NC5CCC(O)CC5)c4)cc3)C2)C[C@@H]1N. The Kier molecular flexibility index (Phi) is 7.04. The van der Waals surface area contributed by atoms with Crippen LogP contribution in [0.4, 0.5) is 0 Å². The zero-order valence-electron chi connectivity index (χ0n) is 22.5. The van der Waals surface area contributed by atoms with Crippen molar-refractivity contribution in [1.82, 2.24) is 19.5 Å². The number of sulfonamides is 1. The molecule has 4 N–H and O–H groups in total. The smallest absolute Gasteiger partial charge is 0.253 e. The van der Waals surface area contributed by atoms with Crippen LogP contribution in [-0.2, 0) is 15.4 Å². The van der Waals surface area contributed by atoms with Crippen LogP contribution in [0.15, 0.2) is 42.7 Å². The standard InChI is InChI=1S/C29H39N5O4S/c1-39(37,38)34-11-10-25(13-27(34)30)33-17-23-14-29(23,18-33)22-4-2-19(3-5-22)20-12-21(16-31-15-20)28(36)32-24-6-8-26(35)9-7-24/h2-5,12,15-16,23-27,35H,6-11,13-14,17-18,30H2,1H3,(H,32,36)/t23-,24?,25-,26?,27-,29+/m1/s1. The maximum absolute atomic E-state index is 12.8. The molecule has 0 unspecified atom stereocenters. The summed E-state index contributed by atoms with van der Waals surface area (Å²) < 4.78 is 25.4. The third kappa shape index (κ3) is 5.37. The van der Waals surface area contributed by atoms with E-state index in [0.717, 1.165) is 56.3 Å². The van der Waals surface area contributed by atoms with Gasteiger partial charge in [-0.3, -0.25) is 14.7 Å². The molecule has 0 radical (unpaired) electrons. The summed E-state index contributed by atoms with van der Waals surface area (Å²) in [6.45, 7) is 2.52. The second kappa shape index (κ2) is 10.2. The van der Waals surface area contributed by atoms with Gasteiger partial charge in [0.15, 0.2) is 0 Å². The second-order valence-corrected chi connectivity index (χ2v) is 14.1. The summed E-state index contributed by atoms with van der Waals surface area (Å²) in [6, 6.07) is 11.0. The zero-order valence-corrected chi connectivity index (χ0v) is 23.3. The van der Waals surface area contributed by atoms with E-state index in [0.29, 0.717) is 30.5 Å². The number of rotatable bonds is 6. The molecule has 0 bridgehead atoms. The Bertz CT molecular complexity index is 1330. The lowest BCUT2D eigenvalue weighted by molar-refractivity contribution is 0.0867. The molecule has 2 aliphatic carbocycles. The molecular weight excluding hydrogens is 514 g/mol. The first-order chi connectivity index (χ1) is 18.6. The summed E-state index contributed by atoms with van der Waals surface area (Å²) in [6.07, 6.45) is 9.68. The number of fused-ring (bicyclic) bond motifs is 1. The van der Waals surface area contributed by atoms with E-state index in [1.165, 1.54) is 22.5 Å². The Morgan fingerprint density at radius 2 is 1.85 bits per heavy atom. The number of carbonyl (C=O) groups is 1. The van der Waals surface area contributed by atoms with Crippen LogP contribution in [-0.4, -0.2) is 83.9 Å². The number of hydrogen-bond donors (Lipinski definition) is 3. The predicted octanol–water partition coefficient (Wildman–Crippen LogP) is 2.06. The van der Waals surface area contributed by atoms with Gasteiger partial charge in [-0.2, -0.15) is 4.31 Å². The number of nitrogens with two attached hydrogens (primary N) is 1. The highest BCUT2D eigenvalue weighted by Crippen LogP contribution is 2.59. The number of benzene rings is 1.